The predicted octanol–water partition coefficient (Wildman–Crippen LogP) is 4.72. The van der Waals surface area contributed by atoms with Crippen LogP contribution in [0.5, 0.6) is 0 Å². The summed E-state index contributed by atoms with van der Waals surface area (Å²) >= 11 is 10.8. The highest BCUT2D eigenvalue weighted by Gasteiger charge is 2.06. The normalized spacial score (nSPS) is 10.4. The second kappa shape index (κ2) is 7.20. The Hall–Kier alpha value is -1.17. The monoisotopic (exact) mass is 384 g/mol. The summed E-state index contributed by atoms with van der Waals surface area (Å²) < 4.78 is 1.02. The lowest BCUT2D eigenvalue weighted by Crippen LogP contribution is -2.14. The molecule has 0 unspecified atom stereocenters. The van der Waals surface area contributed by atoms with Crippen LogP contribution in [0.25, 0.3) is 0 Å². The summed E-state index contributed by atoms with van der Waals surface area (Å²) in [4.78, 5) is 12.8. The number of hydrogen-bond donors (Lipinski definition) is 2. The molecule has 2 aromatic carbocycles. The van der Waals surface area contributed by atoms with E-state index in [1.807, 2.05) is 31.2 Å². The van der Waals surface area contributed by atoms with Gasteiger partial charge in [0.25, 0.3) is 0 Å². The Bertz CT molecular complexity index is 679. The highest BCUT2D eigenvalue weighted by molar-refractivity contribution is 9.10. The summed E-state index contributed by atoms with van der Waals surface area (Å²) in [5.41, 5.74) is 8.05. The Balaban J connectivity index is 1.92. The smallest absolute Gasteiger partial charge is 0.234 e. The molecule has 1 amide bonds. The summed E-state index contributed by atoms with van der Waals surface area (Å²) in [7, 11) is 0. The van der Waals surface area contributed by atoms with Gasteiger partial charge < -0.3 is 11.1 Å². The lowest BCUT2D eigenvalue weighted by atomic mass is 10.2. The van der Waals surface area contributed by atoms with Crippen LogP contribution in [0.15, 0.2) is 45.8 Å². The zero-order chi connectivity index (χ0) is 15.4. The molecule has 2 rings (SSSR count). The molecular formula is C15H14BrClN2OS. The second-order valence-electron chi connectivity index (χ2n) is 4.48. The number of carbonyl (C=O) groups excluding carboxylic acids is 1. The molecule has 0 aromatic heterocycles. The Morgan fingerprint density at radius 2 is 2.10 bits per heavy atom. The minimum Gasteiger partial charge on any atom is -0.398 e. The van der Waals surface area contributed by atoms with Gasteiger partial charge in [0.15, 0.2) is 0 Å². The van der Waals surface area contributed by atoms with E-state index in [2.05, 4.69) is 21.2 Å². The van der Waals surface area contributed by atoms with Gasteiger partial charge in [-0.3, -0.25) is 4.79 Å². The minimum atomic E-state index is -0.0605. The zero-order valence-corrected chi connectivity index (χ0v) is 14.5. The number of rotatable bonds is 4. The number of halogens is 2. The van der Waals surface area contributed by atoms with Crippen molar-refractivity contribution in [1.29, 1.82) is 0 Å². The number of aryl methyl sites for hydroxylation is 1. The third-order valence-corrected chi connectivity index (χ3v) is 4.99. The van der Waals surface area contributed by atoms with Gasteiger partial charge in [0.05, 0.1) is 16.5 Å². The first-order chi connectivity index (χ1) is 9.95. The highest BCUT2D eigenvalue weighted by atomic mass is 79.9. The SMILES string of the molecule is Cc1cc(NC(=O)CSc2ccc(N)c(Cl)c2)ccc1Br. The van der Waals surface area contributed by atoms with E-state index in [4.69, 9.17) is 17.3 Å². The first kappa shape index (κ1) is 16.2. The molecule has 0 saturated carbocycles. The van der Waals surface area contributed by atoms with E-state index in [-0.39, 0.29) is 5.91 Å². The number of nitrogens with one attached hydrogen (secondary N) is 1. The molecule has 0 saturated heterocycles. The van der Waals surface area contributed by atoms with E-state index in [9.17, 15) is 4.79 Å². The Morgan fingerprint density at radius 1 is 1.33 bits per heavy atom. The van der Waals surface area contributed by atoms with Crippen LogP contribution in [0.4, 0.5) is 11.4 Å². The summed E-state index contributed by atoms with van der Waals surface area (Å²) in [5, 5.41) is 3.37. The summed E-state index contributed by atoms with van der Waals surface area (Å²) in [5.74, 6) is 0.254. The van der Waals surface area contributed by atoms with Crippen molar-refractivity contribution in [1.82, 2.24) is 0 Å². The van der Waals surface area contributed by atoms with E-state index >= 15 is 0 Å². The van der Waals surface area contributed by atoms with Gasteiger partial charge in [0, 0.05) is 15.1 Å². The van der Waals surface area contributed by atoms with Crippen molar-refractivity contribution in [3.8, 4) is 0 Å². The van der Waals surface area contributed by atoms with Gasteiger partial charge >= 0.3 is 0 Å². The fourth-order valence-corrected chi connectivity index (χ4v) is 2.89. The van der Waals surface area contributed by atoms with Crippen molar-refractivity contribution in [2.45, 2.75) is 11.8 Å². The number of benzene rings is 2. The number of anilines is 2. The third kappa shape index (κ3) is 4.66. The Morgan fingerprint density at radius 3 is 2.76 bits per heavy atom. The number of carbonyl (C=O) groups is 1. The molecule has 0 fully saturated rings. The van der Waals surface area contributed by atoms with E-state index in [1.165, 1.54) is 11.8 Å². The van der Waals surface area contributed by atoms with Gasteiger partial charge in [0.2, 0.25) is 5.91 Å². The van der Waals surface area contributed by atoms with Crippen LogP contribution in [0.2, 0.25) is 5.02 Å². The first-order valence-electron chi connectivity index (χ1n) is 6.19. The lowest BCUT2D eigenvalue weighted by Gasteiger charge is -2.07. The van der Waals surface area contributed by atoms with Crippen molar-refractivity contribution in [3.05, 3.63) is 51.5 Å². The van der Waals surface area contributed by atoms with Crippen LogP contribution in [-0.2, 0) is 4.79 Å². The van der Waals surface area contributed by atoms with Crippen LogP contribution < -0.4 is 11.1 Å². The maximum atomic E-state index is 11.9. The fraction of sp³-hybridized carbons (Fsp3) is 0.133. The number of nitrogen functional groups attached to an aromatic ring is 1. The molecular weight excluding hydrogens is 372 g/mol. The molecule has 0 radical (unpaired) electrons. The van der Waals surface area contributed by atoms with Gasteiger partial charge in [0.1, 0.15) is 0 Å². The molecule has 0 aliphatic carbocycles. The zero-order valence-electron chi connectivity index (χ0n) is 11.3. The summed E-state index contributed by atoms with van der Waals surface area (Å²) in [6.07, 6.45) is 0. The molecule has 0 spiro atoms. The molecule has 2 aromatic rings. The predicted molar refractivity (Wildman–Crippen MR) is 94.1 cm³/mol. The summed E-state index contributed by atoms with van der Waals surface area (Å²) in [6.45, 7) is 1.98. The molecule has 0 bridgehead atoms. The molecule has 0 atom stereocenters. The van der Waals surface area contributed by atoms with Gasteiger partial charge in [-0.2, -0.15) is 0 Å². The molecule has 110 valence electrons. The average molecular weight is 386 g/mol. The van der Waals surface area contributed by atoms with Crippen LogP contribution in [-0.4, -0.2) is 11.7 Å². The van der Waals surface area contributed by atoms with Crippen molar-refractivity contribution in [3.63, 3.8) is 0 Å². The van der Waals surface area contributed by atoms with Gasteiger partial charge in [-0.1, -0.05) is 27.5 Å². The second-order valence-corrected chi connectivity index (χ2v) is 6.79. The standard InChI is InChI=1S/C15H14BrClN2OS/c1-9-6-10(2-4-12(9)16)19-15(20)8-21-11-3-5-14(18)13(17)7-11/h2-7H,8,18H2,1H3,(H,19,20). The van der Waals surface area contributed by atoms with E-state index in [0.717, 1.165) is 20.6 Å². The molecule has 0 heterocycles. The molecule has 0 aliphatic heterocycles. The molecule has 0 aliphatic rings. The minimum absolute atomic E-state index is 0.0605. The quantitative estimate of drug-likeness (QED) is 0.591. The number of nitrogens with two attached hydrogens (primary N) is 1. The van der Waals surface area contributed by atoms with E-state index in [0.29, 0.717) is 16.5 Å². The van der Waals surface area contributed by atoms with E-state index < -0.39 is 0 Å². The maximum Gasteiger partial charge on any atom is 0.234 e. The molecule has 3 N–H and O–H groups in total. The van der Waals surface area contributed by atoms with Crippen molar-refractivity contribution in [2.24, 2.45) is 0 Å². The largest absolute Gasteiger partial charge is 0.398 e. The molecule has 21 heavy (non-hydrogen) atoms. The van der Waals surface area contributed by atoms with Gasteiger partial charge in [-0.25, -0.2) is 0 Å². The number of hydrogen-bond acceptors (Lipinski definition) is 3. The van der Waals surface area contributed by atoms with Gasteiger partial charge in [-0.15, -0.1) is 11.8 Å². The van der Waals surface area contributed by atoms with Crippen LogP contribution in [0.3, 0.4) is 0 Å². The van der Waals surface area contributed by atoms with E-state index in [1.54, 1.807) is 12.1 Å². The number of thioether (sulfide) groups is 1. The topological polar surface area (TPSA) is 55.1 Å². The Kier molecular flexibility index (Phi) is 5.56. The Labute approximate surface area is 141 Å². The van der Waals surface area contributed by atoms with Crippen molar-refractivity contribution < 1.29 is 4.79 Å². The van der Waals surface area contributed by atoms with Crippen LogP contribution in [0.1, 0.15) is 5.56 Å². The highest BCUT2D eigenvalue weighted by Crippen LogP contribution is 2.26. The summed E-state index contributed by atoms with van der Waals surface area (Å²) in [6, 6.07) is 11.0. The average Bonchev–Trinajstić information content (AvgIpc) is 2.44. The maximum absolute atomic E-state index is 11.9. The molecule has 3 nitrogen and oxygen atoms in total. The fourth-order valence-electron chi connectivity index (χ4n) is 1.67. The van der Waals surface area contributed by atoms with Gasteiger partial charge in [-0.05, 0) is 48.9 Å². The van der Waals surface area contributed by atoms with Crippen molar-refractivity contribution in [2.75, 3.05) is 16.8 Å². The molecule has 6 heteroatoms. The van der Waals surface area contributed by atoms with Crippen LogP contribution in [0, 0.1) is 6.92 Å². The number of amides is 1. The lowest BCUT2D eigenvalue weighted by molar-refractivity contribution is -0.113. The van der Waals surface area contributed by atoms with Crippen molar-refractivity contribution >= 4 is 56.6 Å². The third-order valence-electron chi connectivity index (χ3n) is 2.78. The first-order valence-corrected chi connectivity index (χ1v) is 8.35. The van der Waals surface area contributed by atoms with Crippen LogP contribution >= 0.6 is 39.3 Å².